The summed E-state index contributed by atoms with van der Waals surface area (Å²) in [5.41, 5.74) is 0. The summed E-state index contributed by atoms with van der Waals surface area (Å²) in [6.45, 7) is 5.28. The molecule has 1 heterocycles. The molecule has 4 nitrogen and oxygen atoms in total. The Morgan fingerprint density at radius 3 is 2.77 bits per heavy atom. The number of sulfonamides is 1. The van der Waals surface area contributed by atoms with Crippen molar-refractivity contribution in [2.45, 2.75) is 25.5 Å². The average molecular weight is 207 g/mol. The van der Waals surface area contributed by atoms with Gasteiger partial charge in [0.25, 0.3) is 0 Å². The van der Waals surface area contributed by atoms with E-state index < -0.39 is 10.0 Å². The lowest BCUT2D eigenvalue weighted by atomic mass is 10.0. The Labute approximate surface area is 79.7 Å². The predicted octanol–water partition coefficient (Wildman–Crippen LogP) is 0.351. The Balaban J connectivity index is 2.68. The van der Waals surface area contributed by atoms with E-state index in [4.69, 9.17) is 4.74 Å². The molecule has 13 heavy (non-hydrogen) atoms. The van der Waals surface area contributed by atoms with Crippen molar-refractivity contribution < 1.29 is 13.2 Å². The van der Waals surface area contributed by atoms with Crippen molar-refractivity contribution in [2.24, 2.45) is 5.92 Å². The highest BCUT2D eigenvalue weighted by Crippen LogP contribution is 2.20. The Hall–Kier alpha value is -0.130. The van der Waals surface area contributed by atoms with Gasteiger partial charge in [-0.1, -0.05) is 13.8 Å². The lowest BCUT2D eigenvalue weighted by Gasteiger charge is -2.28. The van der Waals surface area contributed by atoms with Crippen molar-refractivity contribution in [1.29, 1.82) is 0 Å². The molecule has 1 fully saturated rings. The van der Waals surface area contributed by atoms with Gasteiger partial charge in [-0.15, -0.1) is 0 Å². The number of hydrogen-bond acceptors (Lipinski definition) is 3. The second-order valence-corrected chi connectivity index (χ2v) is 5.41. The quantitative estimate of drug-likeness (QED) is 0.726. The lowest BCUT2D eigenvalue weighted by molar-refractivity contribution is 0.0635. The van der Waals surface area contributed by atoms with Crippen LogP contribution >= 0.6 is 0 Å². The molecule has 0 aliphatic carbocycles. The number of hydrogen-bond donors (Lipinski definition) is 1. The van der Waals surface area contributed by atoms with Crippen LogP contribution in [0, 0.1) is 5.92 Å². The van der Waals surface area contributed by atoms with Crippen LogP contribution in [0.15, 0.2) is 0 Å². The van der Waals surface area contributed by atoms with Gasteiger partial charge in [-0.05, 0) is 12.3 Å². The molecule has 0 aromatic rings. The second kappa shape index (κ2) is 4.39. The highest BCUT2D eigenvalue weighted by molar-refractivity contribution is 7.90. The summed E-state index contributed by atoms with van der Waals surface area (Å²) >= 11 is 0. The number of ether oxygens (including phenoxy) is 1. The van der Waals surface area contributed by atoms with Gasteiger partial charge in [0.1, 0.15) is 0 Å². The Bertz CT molecular complexity index is 250. The molecule has 0 aromatic carbocycles. The zero-order chi connectivity index (χ0) is 9.90. The van der Waals surface area contributed by atoms with E-state index in [1.807, 2.05) is 6.92 Å². The van der Waals surface area contributed by atoms with E-state index in [1.165, 1.54) is 0 Å². The van der Waals surface area contributed by atoms with Gasteiger partial charge >= 0.3 is 0 Å². The van der Waals surface area contributed by atoms with Crippen molar-refractivity contribution in [2.75, 3.05) is 19.8 Å². The van der Waals surface area contributed by atoms with E-state index in [0.29, 0.717) is 26.2 Å². The first-order chi connectivity index (χ1) is 6.08. The smallest absolute Gasteiger partial charge is 0.214 e. The van der Waals surface area contributed by atoms with Gasteiger partial charge in [-0.25, -0.2) is 13.1 Å². The van der Waals surface area contributed by atoms with Gasteiger partial charge in [-0.3, -0.25) is 0 Å². The van der Waals surface area contributed by atoms with Crippen molar-refractivity contribution in [3.05, 3.63) is 0 Å². The van der Waals surface area contributed by atoms with E-state index in [2.05, 4.69) is 4.72 Å². The van der Waals surface area contributed by atoms with E-state index in [9.17, 15) is 8.42 Å². The number of nitrogens with one attached hydrogen (secondary N) is 1. The molecule has 0 unspecified atom stereocenters. The van der Waals surface area contributed by atoms with Gasteiger partial charge in [0.2, 0.25) is 10.0 Å². The Morgan fingerprint density at radius 2 is 2.23 bits per heavy atom. The predicted molar refractivity (Wildman–Crippen MR) is 51.0 cm³/mol. The molecule has 0 spiro atoms. The SMILES string of the molecule is CCNS(=O)(=O)[C@@H]1CCOC[C@H]1C. The summed E-state index contributed by atoms with van der Waals surface area (Å²) in [5, 5.41) is -0.277. The molecular weight excluding hydrogens is 190 g/mol. The van der Waals surface area contributed by atoms with Crippen LogP contribution in [0.4, 0.5) is 0 Å². The highest BCUT2D eigenvalue weighted by atomic mass is 32.2. The van der Waals surface area contributed by atoms with Crippen LogP contribution in [0.3, 0.4) is 0 Å². The van der Waals surface area contributed by atoms with E-state index in [0.717, 1.165) is 0 Å². The van der Waals surface area contributed by atoms with E-state index >= 15 is 0 Å². The van der Waals surface area contributed by atoms with Gasteiger partial charge < -0.3 is 4.74 Å². The third-order valence-electron chi connectivity index (χ3n) is 2.31. The molecule has 1 N–H and O–H groups in total. The highest BCUT2D eigenvalue weighted by Gasteiger charge is 2.32. The first kappa shape index (κ1) is 10.9. The summed E-state index contributed by atoms with van der Waals surface area (Å²) < 4.78 is 31.0. The van der Waals surface area contributed by atoms with Gasteiger partial charge in [0.15, 0.2) is 0 Å². The monoisotopic (exact) mass is 207 g/mol. The average Bonchev–Trinajstić information content (AvgIpc) is 2.04. The molecule has 0 radical (unpaired) electrons. The molecule has 1 saturated heterocycles. The number of rotatable bonds is 3. The normalized spacial score (nSPS) is 30.3. The standard InChI is InChI=1S/C8H17NO3S/c1-3-9-13(10,11)8-4-5-12-6-7(8)2/h7-9H,3-6H2,1-2H3/t7-,8-/m1/s1. The Kier molecular flexibility index (Phi) is 3.70. The molecule has 78 valence electrons. The van der Waals surface area contributed by atoms with Gasteiger partial charge in [0.05, 0.1) is 11.9 Å². The lowest BCUT2D eigenvalue weighted by Crippen LogP contribution is -2.42. The molecule has 0 saturated carbocycles. The van der Waals surface area contributed by atoms with E-state index in [1.54, 1.807) is 6.92 Å². The first-order valence-electron chi connectivity index (χ1n) is 4.64. The molecule has 1 aliphatic rings. The molecule has 2 atom stereocenters. The summed E-state index contributed by atoms with van der Waals surface area (Å²) in [5.74, 6) is 0.0952. The maximum absolute atomic E-state index is 11.6. The summed E-state index contributed by atoms with van der Waals surface area (Å²) in [6.07, 6.45) is 0.608. The molecule has 1 rings (SSSR count). The fourth-order valence-electron chi connectivity index (χ4n) is 1.63. The fraction of sp³-hybridized carbons (Fsp3) is 1.00. The van der Waals surface area contributed by atoms with Crippen molar-refractivity contribution in [3.63, 3.8) is 0 Å². The first-order valence-corrected chi connectivity index (χ1v) is 6.18. The van der Waals surface area contributed by atoms with Crippen molar-refractivity contribution in [1.82, 2.24) is 4.72 Å². The maximum atomic E-state index is 11.6. The van der Waals surface area contributed by atoms with Crippen LogP contribution in [-0.2, 0) is 14.8 Å². The van der Waals surface area contributed by atoms with Crippen molar-refractivity contribution in [3.8, 4) is 0 Å². The van der Waals surface area contributed by atoms with E-state index in [-0.39, 0.29) is 11.2 Å². The second-order valence-electron chi connectivity index (χ2n) is 3.42. The topological polar surface area (TPSA) is 55.4 Å². The molecule has 0 aromatic heterocycles. The van der Waals surface area contributed by atoms with Crippen LogP contribution < -0.4 is 4.72 Å². The fourth-order valence-corrected chi connectivity index (χ4v) is 3.34. The van der Waals surface area contributed by atoms with Crippen LogP contribution in [0.5, 0.6) is 0 Å². The summed E-state index contributed by atoms with van der Waals surface area (Å²) in [7, 11) is -3.11. The minimum Gasteiger partial charge on any atom is -0.381 e. The molecule has 0 bridgehead atoms. The molecular formula is C8H17NO3S. The maximum Gasteiger partial charge on any atom is 0.214 e. The molecule has 5 heteroatoms. The van der Waals surface area contributed by atoms with Gasteiger partial charge in [0, 0.05) is 13.2 Å². The molecule has 1 aliphatic heterocycles. The largest absolute Gasteiger partial charge is 0.381 e. The van der Waals surface area contributed by atoms with Crippen LogP contribution in [0.1, 0.15) is 20.3 Å². The minimum absolute atomic E-state index is 0.0952. The van der Waals surface area contributed by atoms with Crippen molar-refractivity contribution >= 4 is 10.0 Å². The molecule has 0 amide bonds. The summed E-state index contributed by atoms with van der Waals surface area (Å²) in [6, 6.07) is 0. The summed E-state index contributed by atoms with van der Waals surface area (Å²) in [4.78, 5) is 0. The van der Waals surface area contributed by atoms with Crippen LogP contribution in [-0.4, -0.2) is 33.4 Å². The van der Waals surface area contributed by atoms with Crippen LogP contribution in [0.2, 0.25) is 0 Å². The minimum atomic E-state index is -3.11. The van der Waals surface area contributed by atoms with Crippen LogP contribution in [0.25, 0.3) is 0 Å². The third kappa shape index (κ3) is 2.65. The van der Waals surface area contributed by atoms with Gasteiger partial charge in [-0.2, -0.15) is 0 Å². The zero-order valence-corrected chi connectivity index (χ0v) is 8.93. The zero-order valence-electron chi connectivity index (χ0n) is 8.12. The Morgan fingerprint density at radius 1 is 1.54 bits per heavy atom. The third-order valence-corrected chi connectivity index (χ3v) is 4.49.